The van der Waals surface area contributed by atoms with Crippen LogP contribution in [0.2, 0.25) is 0 Å². The van der Waals surface area contributed by atoms with Crippen LogP contribution in [0.25, 0.3) is 0 Å². The number of carbonyl (C=O) groups is 2. The van der Waals surface area contributed by atoms with Crippen molar-refractivity contribution in [2.45, 2.75) is 64.5 Å². The van der Waals surface area contributed by atoms with Crippen LogP contribution in [-0.2, 0) is 4.79 Å². The number of rotatable bonds is 5. The van der Waals surface area contributed by atoms with Crippen molar-refractivity contribution in [3.63, 3.8) is 0 Å². The van der Waals surface area contributed by atoms with E-state index >= 15 is 0 Å². The second-order valence-corrected chi connectivity index (χ2v) is 7.73. The fourth-order valence-electron chi connectivity index (χ4n) is 3.11. The summed E-state index contributed by atoms with van der Waals surface area (Å²) in [7, 11) is 0. The normalized spacial score (nSPS) is 17.2. The first-order valence-electron chi connectivity index (χ1n) is 8.85. The molecule has 0 aromatic heterocycles. The van der Waals surface area contributed by atoms with Gasteiger partial charge in [-0.2, -0.15) is 0 Å². The van der Waals surface area contributed by atoms with Gasteiger partial charge in [-0.05, 0) is 46.8 Å². The molecule has 0 radical (unpaired) electrons. The zero-order chi connectivity index (χ0) is 17.5. The molecule has 2 rings (SSSR count). The van der Waals surface area contributed by atoms with Crippen LogP contribution in [0.1, 0.15) is 62.7 Å². The lowest BCUT2D eigenvalue weighted by molar-refractivity contribution is -0.124. The van der Waals surface area contributed by atoms with E-state index in [-0.39, 0.29) is 23.8 Å². The van der Waals surface area contributed by atoms with E-state index in [1.807, 2.05) is 32.0 Å². The first-order chi connectivity index (χ1) is 11.5. The zero-order valence-electron chi connectivity index (χ0n) is 14.5. The summed E-state index contributed by atoms with van der Waals surface area (Å²) in [5, 5.41) is 6.04. The average Bonchev–Trinajstić information content (AvgIpc) is 2.81. The van der Waals surface area contributed by atoms with E-state index in [4.69, 9.17) is 0 Å². The molecule has 1 atom stereocenters. The van der Waals surface area contributed by atoms with Crippen LogP contribution in [0.15, 0.2) is 28.7 Å². The Morgan fingerprint density at radius 3 is 2.29 bits per heavy atom. The lowest BCUT2D eigenvalue weighted by Gasteiger charge is -2.25. The molecule has 1 aliphatic carbocycles. The molecule has 0 heterocycles. The molecule has 1 aliphatic rings. The third-order valence-corrected chi connectivity index (χ3v) is 5.25. The highest BCUT2D eigenvalue weighted by molar-refractivity contribution is 9.10. The molecule has 1 fully saturated rings. The van der Waals surface area contributed by atoms with E-state index in [1.54, 1.807) is 6.07 Å². The standard InChI is InChI=1S/C19H27BrN2O2/c1-13(2)17(19(24)21-14-9-5-3-4-6-10-14)22-18(23)15-11-7-8-12-16(15)20/h7-8,11-14,17H,3-6,9-10H2,1-2H3,(H,21,24)(H,22,23)/t17-/m1/s1. The van der Waals surface area contributed by atoms with Crippen molar-refractivity contribution in [2.24, 2.45) is 5.92 Å². The van der Waals surface area contributed by atoms with Crippen LogP contribution in [0, 0.1) is 5.92 Å². The zero-order valence-corrected chi connectivity index (χ0v) is 16.1. The van der Waals surface area contributed by atoms with E-state index in [0.29, 0.717) is 5.56 Å². The minimum Gasteiger partial charge on any atom is -0.352 e. The Morgan fingerprint density at radius 2 is 1.71 bits per heavy atom. The molecule has 2 amide bonds. The van der Waals surface area contributed by atoms with Crippen LogP contribution >= 0.6 is 15.9 Å². The number of hydrogen-bond acceptors (Lipinski definition) is 2. The fraction of sp³-hybridized carbons (Fsp3) is 0.579. The second kappa shape index (κ2) is 9.21. The Hall–Kier alpha value is -1.36. The molecule has 2 N–H and O–H groups in total. The monoisotopic (exact) mass is 394 g/mol. The van der Waals surface area contributed by atoms with Crippen molar-refractivity contribution < 1.29 is 9.59 Å². The summed E-state index contributed by atoms with van der Waals surface area (Å²) in [5.41, 5.74) is 0.547. The molecular formula is C19H27BrN2O2. The third-order valence-electron chi connectivity index (χ3n) is 4.56. The molecule has 0 spiro atoms. The maximum atomic E-state index is 12.7. The van der Waals surface area contributed by atoms with Gasteiger partial charge < -0.3 is 10.6 Å². The van der Waals surface area contributed by atoms with Gasteiger partial charge in [-0.15, -0.1) is 0 Å². The van der Waals surface area contributed by atoms with Crippen molar-refractivity contribution in [2.75, 3.05) is 0 Å². The van der Waals surface area contributed by atoms with Gasteiger partial charge in [-0.1, -0.05) is 51.7 Å². The van der Waals surface area contributed by atoms with Gasteiger partial charge in [0, 0.05) is 10.5 Å². The van der Waals surface area contributed by atoms with Crippen LogP contribution in [0.3, 0.4) is 0 Å². The van der Waals surface area contributed by atoms with Crippen LogP contribution in [0.4, 0.5) is 0 Å². The maximum Gasteiger partial charge on any atom is 0.253 e. The smallest absolute Gasteiger partial charge is 0.253 e. The first-order valence-corrected chi connectivity index (χ1v) is 9.64. The van der Waals surface area contributed by atoms with Gasteiger partial charge in [0.05, 0.1) is 5.56 Å². The highest BCUT2D eigenvalue weighted by atomic mass is 79.9. The van der Waals surface area contributed by atoms with Gasteiger partial charge in [0.2, 0.25) is 5.91 Å². The summed E-state index contributed by atoms with van der Waals surface area (Å²) in [4.78, 5) is 25.2. The van der Waals surface area contributed by atoms with Gasteiger partial charge >= 0.3 is 0 Å². The molecule has 0 aliphatic heterocycles. The summed E-state index contributed by atoms with van der Waals surface area (Å²) in [6.07, 6.45) is 6.90. The quantitative estimate of drug-likeness (QED) is 0.740. The van der Waals surface area contributed by atoms with Crippen molar-refractivity contribution >= 4 is 27.7 Å². The Kier molecular flexibility index (Phi) is 7.28. The maximum absolute atomic E-state index is 12.7. The Morgan fingerprint density at radius 1 is 1.08 bits per heavy atom. The molecular weight excluding hydrogens is 368 g/mol. The molecule has 0 unspecified atom stereocenters. The third kappa shape index (κ3) is 5.33. The van der Waals surface area contributed by atoms with Gasteiger partial charge in [0.1, 0.15) is 6.04 Å². The lowest BCUT2D eigenvalue weighted by atomic mass is 10.0. The van der Waals surface area contributed by atoms with Crippen LogP contribution in [0.5, 0.6) is 0 Å². The van der Waals surface area contributed by atoms with Gasteiger partial charge in [0.15, 0.2) is 0 Å². The Labute approximate surface area is 152 Å². The Balaban J connectivity index is 2.01. The van der Waals surface area contributed by atoms with Crippen molar-refractivity contribution in [3.8, 4) is 0 Å². The number of benzene rings is 1. The van der Waals surface area contributed by atoms with Crippen molar-refractivity contribution in [1.82, 2.24) is 10.6 Å². The summed E-state index contributed by atoms with van der Waals surface area (Å²) >= 11 is 3.39. The topological polar surface area (TPSA) is 58.2 Å². The average molecular weight is 395 g/mol. The van der Waals surface area contributed by atoms with Gasteiger partial charge in [-0.3, -0.25) is 9.59 Å². The highest BCUT2D eigenvalue weighted by Gasteiger charge is 2.27. The molecule has 0 bridgehead atoms. The molecule has 0 saturated heterocycles. The molecule has 24 heavy (non-hydrogen) atoms. The first kappa shape index (κ1) is 19.0. The van der Waals surface area contributed by atoms with E-state index < -0.39 is 6.04 Å². The summed E-state index contributed by atoms with van der Waals surface area (Å²) in [6, 6.07) is 6.97. The molecule has 1 aromatic rings. The summed E-state index contributed by atoms with van der Waals surface area (Å²) < 4.78 is 0.731. The van der Waals surface area contributed by atoms with E-state index in [1.165, 1.54) is 25.7 Å². The lowest BCUT2D eigenvalue weighted by Crippen LogP contribution is -2.52. The predicted octanol–water partition coefficient (Wildman–Crippen LogP) is 4.04. The van der Waals surface area contributed by atoms with E-state index in [9.17, 15) is 9.59 Å². The van der Waals surface area contributed by atoms with Crippen molar-refractivity contribution in [1.29, 1.82) is 0 Å². The van der Waals surface area contributed by atoms with Gasteiger partial charge in [0.25, 0.3) is 5.91 Å². The van der Waals surface area contributed by atoms with Crippen molar-refractivity contribution in [3.05, 3.63) is 34.3 Å². The van der Waals surface area contributed by atoms with Gasteiger partial charge in [-0.25, -0.2) is 0 Å². The molecule has 1 saturated carbocycles. The number of amides is 2. The molecule has 132 valence electrons. The summed E-state index contributed by atoms with van der Waals surface area (Å²) in [6.45, 7) is 3.91. The Bertz CT molecular complexity index is 566. The van der Waals surface area contributed by atoms with Crippen LogP contribution < -0.4 is 10.6 Å². The number of hydrogen-bond donors (Lipinski definition) is 2. The highest BCUT2D eigenvalue weighted by Crippen LogP contribution is 2.19. The van der Waals surface area contributed by atoms with E-state index in [0.717, 1.165) is 17.3 Å². The summed E-state index contributed by atoms with van der Waals surface area (Å²) in [5.74, 6) is -0.267. The van der Waals surface area contributed by atoms with Crippen LogP contribution in [-0.4, -0.2) is 23.9 Å². The molecule has 1 aromatic carbocycles. The second-order valence-electron chi connectivity index (χ2n) is 6.87. The number of halogens is 1. The minimum atomic E-state index is -0.521. The predicted molar refractivity (Wildman–Crippen MR) is 99.9 cm³/mol. The molecule has 4 nitrogen and oxygen atoms in total. The number of carbonyl (C=O) groups excluding carboxylic acids is 2. The fourth-order valence-corrected chi connectivity index (χ4v) is 3.58. The molecule has 5 heteroatoms. The van der Waals surface area contributed by atoms with E-state index in [2.05, 4.69) is 26.6 Å². The minimum absolute atomic E-state index is 0.0298. The SMILES string of the molecule is CC(C)[C@@H](NC(=O)c1ccccc1Br)C(=O)NC1CCCCCC1. The largest absolute Gasteiger partial charge is 0.352 e. The number of nitrogens with one attached hydrogen (secondary N) is 2.